The van der Waals surface area contributed by atoms with Crippen molar-refractivity contribution in [3.8, 4) is 0 Å². The molecule has 0 aromatic carbocycles. The van der Waals surface area contributed by atoms with Gasteiger partial charge in [-0.25, -0.2) is 0 Å². The van der Waals surface area contributed by atoms with Crippen LogP contribution in [-0.2, 0) is 9.47 Å². The molecule has 5 nitrogen and oxygen atoms in total. The number of hydrogen-bond donors (Lipinski definition) is 2. The summed E-state index contributed by atoms with van der Waals surface area (Å²) in [5, 5.41) is 3.18. The highest BCUT2D eigenvalue weighted by Crippen LogP contribution is 2.25. The molecule has 1 unspecified atom stereocenters. The number of hydrogen-bond acceptors (Lipinski definition) is 3. The fourth-order valence-electron chi connectivity index (χ4n) is 2.17. The number of guanidine groups is 1. The number of methoxy groups -OCH3 is 1. The van der Waals surface area contributed by atoms with E-state index < -0.39 is 0 Å². The van der Waals surface area contributed by atoms with E-state index in [2.05, 4.69) is 10.3 Å². The molecule has 1 aliphatic heterocycles. The van der Waals surface area contributed by atoms with Crippen LogP contribution in [0.4, 0.5) is 0 Å². The van der Waals surface area contributed by atoms with Gasteiger partial charge in [0.15, 0.2) is 5.96 Å². The second kappa shape index (κ2) is 5.69. The van der Waals surface area contributed by atoms with Crippen LogP contribution in [0.15, 0.2) is 4.99 Å². The van der Waals surface area contributed by atoms with Gasteiger partial charge in [-0.05, 0) is 18.8 Å². The molecular formula is C12H23N3O2. The molecule has 2 fully saturated rings. The number of rotatable bonds is 5. The molecule has 2 aliphatic rings. The van der Waals surface area contributed by atoms with Crippen LogP contribution in [0.25, 0.3) is 0 Å². The zero-order chi connectivity index (χ0) is 12.1. The molecular weight excluding hydrogens is 218 g/mol. The summed E-state index contributed by atoms with van der Waals surface area (Å²) in [6.45, 7) is 2.89. The quantitative estimate of drug-likeness (QED) is 0.543. The molecule has 1 saturated heterocycles. The third kappa shape index (κ3) is 3.33. The number of nitrogens with two attached hydrogens (primary N) is 1. The normalized spacial score (nSPS) is 30.3. The molecule has 5 heteroatoms. The van der Waals surface area contributed by atoms with Crippen LogP contribution in [0.3, 0.4) is 0 Å². The van der Waals surface area contributed by atoms with E-state index in [9.17, 15) is 0 Å². The minimum Gasteiger partial charge on any atom is -0.378 e. The Morgan fingerprint density at radius 1 is 1.59 bits per heavy atom. The number of aliphatic imine (C=N–C) groups is 1. The number of ether oxygens (including phenoxy) is 2. The summed E-state index contributed by atoms with van der Waals surface area (Å²) in [6.07, 6.45) is 4.88. The molecule has 1 saturated carbocycles. The van der Waals surface area contributed by atoms with Crippen molar-refractivity contribution >= 4 is 5.96 Å². The van der Waals surface area contributed by atoms with Crippen LogP contribution in [-0.4, -0.2) is 45.0 Å². The Morgan fingerprint density at radius 2 is 2.41 bits per heavy atom. The van der Waals surface area contributed by atoms with E-state index >= 15 is 0 Å². The van der Waals surface area contributed by atoms with Crippen molar-refractivity contribution in [1.29, 1.82) is 0 Å². The van der Waals surface area contributed by atoms with Crippen molar-refractivity contribution in [2.75, 3.05) is 33.4 Å². The molecule has 0 bridgehead atoms. The Hall–Kier alpha value is -0.810. The minimum atomic E-state index is -0.261. The molecule has 0 spiro atoms. The highest BCUT2D eigenvalue weighted by atomic mass is 16.5. The van der Waals surface area contributed by atoms with Crippen molar-refractivity contribution in [3.05, 3.63) is 0 Å². The van der Waals surface area contributed by atoms with E-state index in [0.29, 0.717) is 19.1 Å². The summed E-state index contributed by atoms with van der Waals surface area (Å²) in [6, 6.07) is 0. The standard InChI is InChI=1S/C12H23N3O2/c1-16-12(5-6-17-9-12)8-15-11(13)14-7-10-3-2-4-10/h10H,2-9H2,1H3,(H3,13,14,15). The monoisotopic (exact) mass is 241 g/mol. The van der Waals surface area contributed by atoms with E-state index in [-0.39, 0.29) is 5.60 Å². The van der Waals surface area contributed by atoms with Gasteiger partial charge >= 0.3 is 0 Å². The lowest BCUT2D eigenvalue weighted by Crippen LogP contribution is -2.40. The highest BCUT2D eigenvalue weighted by molar-refractivity contribution is 5.77. The largest absolute Gasteiger partial charge is 0.378 e. The Morgan fingerprint density at radius 3 is 2.94 bits per heavy atom. The van der Waals surface area contributed by atoms with Gasteiger partial charge in [-0.2, -0.15) is 0 Å². The van der Waals surface area contributed by atoms with Gasteiger partial charge in [0.1, 0.15) is 5.60 Å². The molecule has 0 radical (unpaired) electrons. The Kier molecular flexibility index (Phi) is 4.23. The van der Waals surface area contributed by atoms with Crippen LogP contribution >= 0.6 is 0 Å². The second-order valence-electron chi connectivity index (χ2n) is 5.07. The fourth-order valence-corrected chi connectivity index (χ4v) is 2.17. The molecule has 0 amide bonds. The Labute approximate surface area is 103 Å². The van der Waals surface area contributed by atoms with E-state index in [1.165, 1.54) is 19.3 Å². The van der Waals surface area contributed by atoms with Gasteiger partial charge in [0, 0.05) is 26.7 Å². The van der Waals surface area contributed by atoms with Crippen LogP contribution in [0, 0.1) is 5.92 Å². The van der Waals surface area contributed by atoms with Crippen molar-refractivity contribution in [1.82, 2.24) is 5.32 Å². The van der Waals surface area contributed by atoms with Crippen molar-refractivity contribution < 1.29 is 9.47 Å². The van der Waals surface area contributed by atoms with Crippen LogP contribution < -0.4 is 11.1 Å². The molecule has 0 aromatic rings. The average Bonchev–Trinajstić information content (AvgIpc) is 2.74. The maximum absolute atomic E-state index is 5.84. The Balaban J connectivity index is 1.73. The van der Waals surface area contributed by atoms with Gasteiger partial charge in [-0.3, -0.25) is 4.99 Å². The number of nitrogens with one attached hydrogen (secondary N) is 1. The van der Waals surface area contributed by atoms with Crippen molar-refractivity contribution in [3.63, 3.8) is 0 Å². The fraction of sp³-hybridized carbons (Fsp3) is 0.917. The predicted molar refractivity (Wildman–Crippen MR) is 67.0 cm³/mol. The average molecular weight is 241 g/mol. The van der Waals surface area contributed by atoms with E-state index in [0.717, 1.165) is 25.5 Å². The zero-order valence-corrected chi connectivity index (χ0v) is 10.6. The summed E-state index contributed by atoms with van der Waals surface area (Å²) in [5.41, 5.74) is 5.57. The van der Waals surface area contributed by atoms with Crippen LogP contribution in [0.2, 0.25) is 0 Å². The predicted octanol–water partition coefficient (Wildman–Crippen LogP) is 0.496. The summed E-state index contributed by atoms with van der Waals surface area (Å²) in [5.74, 6) is 1.31. The van der Waals surface area contributed by atoms with E-state index in [4.69, 9.17) is 15.2 Å². The first-order chi connectivity index (χ1) is 8.24. The molecule has 17 heavy (non-hydrogen) atoms. The van der Waals surface area contributed by atoms with Crippen molar-refractivity contribution in [2.24, 2.45) is 16.6 Å². The van der Waals surface area contributed by atoms with Crippen LogP contribution in [0.5, 0.6) is 0 Å². The second-order valence-corrected chi connectivity index (χ2v) is 5.07. The Bertz CT molecular complexity index is 271. The lowest BCUT2D eigenvalue weighted by molar-refractivity contribution is -0.00905. The van der Waals surface area contributed by atoms with Gasteiger partial charge in [0.05, 0.1) is 13.2 Å². The number of nitrogens with zero attached hydrogens (tertiary/aromatic N) is 1. The molecule has 0 aromatic heterocycles. The van der Waals surface area contributed by atoms with E-state index in [1.54, 1.807) is 7.11 Å². The minimum absolute atomic E-state index is 0.261. The van der Waals surface area contributed by atoms with Gasteiger partial charge in [0.25, 0.3) is 0 Å². The topological polar surface area (TPSA) is 68.9 Å². The summed E-state index contributed by atoms with van der Waals surface area (Å²) in [7, 11) is 1.71. The summed E-state index contributed by atoms with van der Waals surface area (Å²) >= 11 is 0. The lowest BCUT2D eigenvalue weighted by Gasteiger charge is -2.26. The smallest absolute Gasteiger partial charge is 0.188 e. The van der Waals surface area contributed by atoms with E-state index in [1.807, 2.05) is 0 Å². The third-order valence-corrected chi connectivity index (χ3v) is 3.83. The molecule has 98 valence electrons. The molecule has 1 heterocycles. The zero-order valence-electron chi connectivity index (χ0n) is 10.6. The van der Waals surface area contributed by atoms with Crippen molar-refractivity contribution in [2.45, 2.75) is 31.3 Å². The van der Waals surface area contributed by atoms with Gasteiger partial charge in [0.2, 0.25) is 0 Å². The lowest BCUT2D eigenvalue weighted by atomic mass is 9.85. The molecule has 1 atom stereocenters. The highest BCUT2D eigenvalue weighted by Gasteiger charge is 2.34. The molecule has 2 rings (SSSR count). The van der Waals surface area contributed by atoms with Gasteiger partial charge < -0.3 is 20.5 Å². The van der Waals surface area contributed by atoms with Crippen LogP contribution in [0.1, 0.15) is 25.7 Å². The molecule has 3 N–H and O–H groups in total. The van der Waals surface area contributed by atoms with Gasteiger partial charge in [-0.15, -0.1) is 0 Å². The van der Waals surface area contributed by atoms with Gasteiger partial charge in [-0.1, -0.05) is 6.42 Å². The SMILES string of the molecule is COC1(CN=C(N)NCC2CCC2)CCOC1. The molecule has 1 aliphatic carbocycles. The maximum Gasteiger partial charge on any atom is 0.188 e. The first kappa shape index (κ1) is 12.6. The summed E-state index contributed by atoms with van der Waals surface area (Å²) < 4.78 is 10.8. The summed E-state index contributed by atoms with van der Waals surface area (Å²) in [4.78, 5) is 4.36. The third-order valence-electron chi connectivity index (χ3n) is 3.83. The first-order valence-electron chi connectivity index (χ1n) is 6.41. The maximum atomic E-state index is 5.84. The first-order valence-corrected chi connectivity index (χ1v) is 6.41.